The number of piperazine rings is 1. The van der Waals surface area contributed by atoms with Crippen LogP contribution in [0.25, 0.3) is 0 Å². The molecule has 2 aliphatic rings. The van der Waals surface area contributed by atoms with Crippen molar-refractivity contribution in [3.8, 4) is 0 Å². The first kappa shape index (κ1) is 30.3. The molecule has 0 aromatic heterocycles. The van der Waals surface area contributed by atoms with Crippen molar-refractivity contribution in [3.63, 3.8) is 0 Å². The lowest BCUT2D eigenvalue weighted by Crippen LogP contribution is -2.56. The van der Waals surface area contributed by atoms with Crippen molar-refractivity contribution in [1.29, 1.82) is 0 Å². The molecule has 0 saturated carbocycles. The van der Waals surface area contributed by atoms with Gasteiger partial charge in [-0.05, 0) is 37.5 Å². The maximum atomic E-state index is 14.2. The summed E-state index contributed by atoms with van der Waals surface area (Å²) >= 11 is 0. The third-order valence-corrected chi connectivity index (χ3v) is 8.04. The van der Waals surface area contributed by atoms with Gasteiger partial charge in [0, 0.05) is 61.0 Å². The lowest BCUT2D eigenvalue weighted by Gasteiger charge is -2.45. The minimum atomic E-state index is -1.01. The molecule has 1 unspecified atom stereocenters. The Hall–Kier alpha value is -4.67. The van der Waals surface area contributed by atoms with Gasteiger partial charge in [0.15, 0.2) is 0 Å². The summed E-state index contributed by atoms with van der Waals surface area (Å²) in [5.41, 5.74) is 8.20. The van der Waals surface area contributed by atoms with E-state index in [9.17, 15) is 24.5 Å². The molecule has 0 radical (unpaired) electrons. The molecule has 42 heavy (non-hydrogen) atoms. The SMILES string of the molecule is COC(=O)C1=C(C)N(C(C(=O)N2CCN(c3ccccc3)CC2)C(C)C)C(C)=C(C(N)=O)[C@@H]1c1cccc([N+](=O)[O-])c1. The number of ether oxygens (including phenoxy) is 1. The first-order valence-electron chi connectivity index (χ1n) is 13.9. The number of nitro benzene ring substituents is 1. The summed E-state index contributed by atoms with van der Waals surface area (Å²) in [5.74, 6) is -2.86. The Morgan fingerprint density at radius 2 is 1.57 bits per heavy atom. The summed E-state index contributed by atoms with van der Waals surface area (Å²) in [6, 6.07) is 15.0. The van der Waals surface area contributed by atoms with Crippen LogP contribution in [0.2, 0.25) is 0 Å². The molecule has 0 bridgehead atoms. The van der Waals surface area contributed by atoms with Crippen molar-refractivity contribution in [2.45, 2.75) is 39.7 Å². The van der Waals surface area contributed by atoms with E-state index in [0.717, 1.165) is 5.69 Å². The van der Waals surface area contributed by atoms with Gasteiger partial charge in [0.25, 0.3) is 5.69 Å². The van der Waals surface area contributed by atoms with Crippen LogP contribution in [0.3, 0.4) is 0 Å². The van der Waals surface area contributed by atoms with Crippen LogP contribution in [0.4, 0.5) is 11.4 Å². The van der Waals surface area contributed by atoms with E-state index >= 15 is 0 Å². The highest BCUT2D eigenvalue weighted by Crippen LogP contribution is 2.44. The van der Waals surface area contributed by atoms with Crippen molar-refractivity contribution in [1.82, 2.24) is 9.80 Å². The molecule has 2 amide bonds. The van der Waals surface area contributed by atoms with Crippen LogP contribution < -0.4 is 10.6 Å². The monoisotopic (exact) mass is 575 g/mol. The highest BCUT2D eigenvalue weighted by molar-refractivity contribution is 6.01. The van der Waals surface area contributed by atoms with Crippen LogP contribution >= 0.6 is 0 Å². The van der Waals surface area contributed by atoms with Gasteiger partial charge < -0.3 is 25.2 Å². The van der Waals surface area contributed by atoms with E-state index in [1.165, 1.54) is 25.3 Å². The normalized spacial score (nSPS) is 18.3. The maximum absolute atomic E-state index is 14.2. The highest BCUT2D eigenvalue weighted by atomic mass is 16.6. The van der Waals surface area contributed by atoms with Gasteiger partial charge in [-0.1, -0.05) is 44.2 Å². The summed E-state index contributed by atoms with van der Waals surface area (Å²) in [6.07, 6.45) is 0. The fraction of sp³-hybridized carbons (Fsp3) is 0.387. The highest BCUT2D eigenvalue weighted by Gasteiger charge is 2.44. The van der Waals surface area contributed by atoms with Crippen LogP contribution in [-0.4, -0.2) is 71.8 Å². The summed E-state index contributed by atoms with van der Waals surface area (Å²) in [5, 5.41) is 11.5. The predicted molar refractivity (Wildman–Crippen MR) is 158 cm³/mol. The van der Waals surface area contributed by atoms with Gasteiger partial charge in [-0.3, -0.25) is 19.7 Å². The van der Waals surface area contributed by atoms with Crippen molar-refractivity contribution >= 4 is 29.2 Å². The standard InChI is InChI=1S/C31H37N5O6/c1-19(2)28(30(38)34-16-14-33(15-17-34)23-11-7-6-8-12-23)35-20(3)25(29(32)37)27(26(21(35)4)31(39)42-5)22-10-9-13-24(18-22)36(40)41/h6-13,18-19,27-28H,14-17H2,1-5H3,(H2,32,37)/t27-,28?/m0/s1. The van der Waals surface area contributed by atoms with Crippen molar-refractivity contribution < 1.29 is 24.0 Å². The van der Waals surface area contributed by atoms with Crippen molar-refractivity contribution in [3.05, 3.63) is 92.8 Å². The number of rotatable bonds is 8. The minimum Gasteiger partial charge on any atom is -0.466 e. The van der Waals surface area contributed by atoms with E-state index < -0.39 is 28.8 Å². The molecule has 1 saturated heterocycles. The molecule has 2 aromatic carbocycles. The smallest absolute Gasteiger partial charge is 0.336 e. The largest absolute Gasteiger partial charge is 0.466 e. The van der Waals surface area contributed by atoms with Crippen LogP contribution in [0, 0.1) is 16.0 Å². The van der Waals surface area contributed by atoms with Crippen LogP contribution in [0.15, 0.2) is 77.1 Å². The number of carbonyl (C=O) groups excluding carboxylic acids is 3. The second-order valence-corrected chi connectivity index (χ2v) is 10.8. The molecule has 0 aliphatic carbocycles. The van der Waals surface area contributed by atoms with Crippen molar-refractivity contribution in [2.75, 3.05) is 38.2 Å². The number of anilines is 1. The lowest BCUT2D eigenvalue weighted by molar-refractivity contribution is -0.384. The zero-order valence-electron chi connectivity index (χ0n) is 24.6. The fourth-order valence-electron chi connectivity index (χ4n) is 6.04. The number of hydrogen-bond donors (Lipinski definition) is 1. The number of nitro groups is 1. The Bertz CT molecular complexity index is 1440. The topological polar surface area (TPSA) is 139 Å². The van der Waals surface area contributed by atoms with Crippen LogP contribution in [-0.2, 0) is 19.1 Å². The zero-order chi connectivity index (χ0) is 30.7. The van der Waals surface area contributed by atoms with Gasteiger partial charge in [-0.2, -0.15) is 0 Å². The van der Waals surface area contributed by atoms with E-state index in [4.69, 9.17) is 10.5 Å². The number of methoxy groups -OCH3 is 1. The molecule has 1 fully saturated rings. The van der Waals surface area contributed by atoms with E-state index in [1.807, 2.05) is 49.1 Å². The van der Waals surface area contributed by atoms with Gasteiger partial charge in [-0.25, -0.2) is 4.79 Å². The van der Waals surface area contributed by atoms with Gasteiger partial charge in [-0.15, -0.1) is 0 Å². The second-order valence-electron chi connectivity index (χ2n) is 10.8. The Labute approximate surface area is 245 Å². The first-order chi connectivity index (χ1) is 20.0. The second kappa shape index (κ2) is 12.5. The number of amides is 2. The minimum absolute atomic E-state index is 0.0776. The molecule has 0 spiro atoms. The van der Waals surface area contributed by atoms with Crippen LogP contribution in [0.1, 0.15) is 39.2 Å². The average molecular weight is 576 g/mol. The summed E-state index contributed by atoms with van der Waals surface area (Å²) < 4.78 is 5.14. The number of hydrogen-bond acceptors (Lipinski definition) is 8. The zero-order valence-corrected chi connectivity index (χ0v) is 24.6. The average Bonchev–Trinajstić information content (AvgIpc) is 2.98. The van der Waals surface area contributed by atoms with E-state index in [-0.39, 0.29) is 28.7 Å². The molecule has 11 heteroatoms. The van der Waals surface area contributed by atoms with Gasteiger partial charge in [0.2, 0.25) is 11.8 Å². The summed E-state index contributed by atoms with van der Waals surface area (Å²) in [7, 11) is 1.23. The fourth-order valence-corrected chi connectivity index (χ4v) is 6.04. The number of non-ortho nitro benzene ring substituents is 1. The lowest BCUT2D eigenvalue weighted by atomic mass is 9.78. The Balaban J connectivity index is 1.77. The number of primary amides is 1. The van der Waals surface area contributed by atoms with Gasteiger partial charge >= 0.3 is 5.97 Å². The molecule has 2 aromatic rings. The third-order valence-electron chi connectivity index (χ3n) is 8.04. The number of para-hydroxylation sites is 1. The Morgan fingerprint density at radius 3 is 2.12 bits per heavy atom. The van der Waals surface area contributed by atoms with E-state index in [1.54, 1.807) is 24.8 Å². The van der Waals surface area contributed by atoms with E-state index in [2.05, 4.69) is 4.90 Å². The molecule has 2 aliphatic heterocycles. The number of carbonyl (C=O) groups is 3. The molecule has 2 N–H and O–H groups in total. The molecular formula is C31H37N5O6. The number of allylic oxidation sites excluding steroid dienone is 2. The van der Waals surface area contributed by atoms with E-state index in [0.29, 0.717) is 43.1 Å². The molecule has 4 rings (SSSR count). The number of nitrogens with zero attached hydrogens (tertiary/aromatic N) is 4. The maximum Gasteiger partial charge on any atom is 0.336 e. The van der Waals surface area contributed by atoms with Gasteiger partial charge in [0.05, 0.1) is 23.5 Å². The quantitative estimate of drug-likeness (QED) is 0.286. The third kappa shape index (κ3) is 5.72. The molecular weight excluding hydrogens is 538 g/mol. The molecule has 222 valence electrons. The Morgan fingerprint density at radius 1 is 0.952 bits per heavy atom. The molecule has 2 atom stereocenters. The number of esters is 1. The van der Waals surface area contributed by atoms with Gasteiger partial charge in [0.1, 0.15) is 6.04 Å². The Kier molecular flexibility index (Phi) is 8.99. The van der Waals surface area contributed by atoms with Crippen molar-refractivity contribution in [2.24, 2.45) is 11.7 Å². The predicted octanol–water partition coefficient (Wildman–Crippen LogP) is 3.57. The number of benzene rings is 2. The summed E-state index contributed by atoms with van der Waals surface area (Å²) in [6.45, 7) is 9.58. The molecule has 2 heterocycles. The van der Waals surface area contributed by atoms with Crippen LogP contribution in [0.5, 0.6) is 0 Å². The molecule has 11 nitrogen and oxygen atoms in total. The number of nitrogens with two attached hydrogens (primary N) is 1. The summed E-state index contributed by atoms with van der Waals surface area (Å²) in [4.78, 5) is 57.3. The first-order valence-corrected chi connectivity index (χ1v) is 13.9.